The van der Waals surface area contributed by atoms with Crippen molar-refractivity contribution in [3.63, 3.8) is 0 Å². The number of halogens is 1. The zero-order chi connectivity index (χ0) is 18.8. The van der Waals surface area contributed by atoms with Crippen LogP contribution in [0.3, 0.4) is 0 Å². The van der Waals surface area contributed by atoms with E-state index in [2.05, 4.69) is 10.0 Å². The first-order valence-electron chi connectivity index (χ1n) is 8.49. The maximum Gasteiger partial charge on any atom is 0.251 e. The van der Waals surface area contributed by atoms with Crippen LogP contribution in [-0.2, 0) is 16.6 Å². The van der Waals surface area contributed by atoms with Gasteiger partial charge in [0.25, 0.3) is 5.91 Å². The Labute approximate surface area is 170 Å². The monoisotopic (exact) mass is 429 g/mol. The fraction of sp³-hybridized carbons (Fsp3) is 0.389. The minimum atomic E-state index is -3.69. The molecule has 1 aliphatic rings. The van der Waals surface area contributed by atoms with Gasteiger partial charge in [-0.05, 0) is 55.3 Å². The number of rotatable bonds is 8. The molecule has 1 unspecified atom stereocenters. The average molecular weight is 430 g/mol. The number of nitrogens with one attached hydrogen (secondary N) is 2. The lowest BCUT2D eigenvalue weighted by Crippen LogP contribution is -2.53. The van der Waals surface area contributed by atoms with Gasteiger partial charge in [-0.25, -0.2) is 13.1 Å². The van der Waals surface area contributed by atoms with E-state index in [0.29, 0.717) is 18.0 Å². The molecule has 27 heavy (non-hydrogen) atoms. The maximum absolute atomic E-state index is 12.6. The summed E-state index contributed by atoms with van der Waals surface area (Å²) in [5.41, 5.74) is 5.69. The van der Waals surface area contributed by atoms with Crippen LogP contribution in [0.15, 0.2) is 46.7 Å². The Morgan fingerprint density at radius 3 is 2.63 bits per heavy atom. The van der Waals surface area contributed by atoms with Crippen molar-refractivity contribution >= 4 is 39.7 Å². The van der Waals surface area contributed by atoms with Crippen LogP contribution in [0.1, 0.15) is 35.0 Å². The Kier molecular flexibility index (Phi) is 7.04. The van der Waals surface area contributed by atoms with Gasteiger partial charge in [-0.1, -0.05) is 12.1 Å². The van der Waals surface area contributed by atoms with Crippen LogP contribution in [0.25, 0.3) is 0 Å². The van der Waals surface area contributed by atoms with Crippen molar-refractivity contribution in [1.29, 1.82) is 0 Å². The summed E-state index contributed by atoms with van der Waals surface area (Å²) >= 11 is 1.48. The first-order chi connectivity index (χ1) is 12.3. The van der Waals surface area contributed by atoms with Crippen molar-refractivity contribution in [1.82, 2.24) is 10.0 Å². The molecule has 1 aromatic heterocycles. The highest BCUT2D eigenvalue weighted by molar-refractivity contribution is 7.89. The molecule has 3 rings (SSSR count). The van der Waals surface area contributed by atoms with E-state index in [0.717, 1.165) is 17.7 Å². The second-order valence-corrected chi connectivity index (χ2v) is 9.58. The number of hydrogen-bond acceptors (Lipinski definition) is 5. The first-order valence-corrected chi connectivity index (χ1v) is 10.8. The highest BCUT2D eigenvalue weighted by Gasteiger charge is 2.41. The largest absolute Gasteiger partial charge is 0.345 e. The average Bonchev–Trinajstić information content (AvgIpc) is 3.37. The molecule has 1 saturated carbocycles. The summed E-state index contributed by atoms with van der Waals surface area (Å²) in [6.07, 6.45) is 2.10. The summed E-state index contributed by atoms with van der Waals surface area (Å²) < 4.78 is 27.6. The number of amides is 1. The number of nitrogens with two attached hydrogens (primary N) is 1. The van der Waals surface area contributed by atoms with Gasteiger partial charge in [0.2, 0.25) is 10.0 Å². The standard InChI is InChI=1S/C18H23N3O3S2.ClH/c1-18(12-19,14-7-8-14)21-17(22)13-4-2-6-16(10-13)26(23,24)20-11-15-5-3-9-25-15;/h2-6,9-10,14,20H,7-8,11-12,19H2,1H3,(H,21,22);1H. The predicted octanol–water partition coefficient (Wildman–Crippen LogP) is 2.51. The molecular formula is C18H24ClN3O3S2. The summed E-state index contributed by atoms with van der Waals surface area (Å²) in [7, 11) is -3.69. The summed E-state index contributed by atoms with van der Waals surface area (Å²) in [6, 6.07) is 9.80. The van der Waals surface area contributed by atoms with Gasteiger partial charge in [-0.2, -0.15) is 0 Å². The molecule has 2 aromatic rings. The molecule has 9 heteroatoms. The lowest BCUT2D eigenvalue weighted by Gasteiger charge is -2.29. The van der Waals surface area contributed by atoms with Crippen molar-refractivity contribution in [2.45, 2.75) is 36.7 Å². The highest BCUT2D eigenvalue weighted by Crippen LogP contribution is 2.39. The molecular weight excluding hydrogens is 406 g/mol. The van der Waals surface area contributed by atoms with Gasteiger partial charge in [0.1, 0.15) is 0 Å². The molecule has 0 bridgehead atoms. The van der Waals surface area contributed by atoms with Gasteiger partial charge in [0.15, 0.2) is 0 Å². The Bertz CT molecular complexity index is 883. The molecule has 0 aliphatic heterocycles. The minimum absolute atomic E-state index is 0. The van der Waals surface area contributed by atoms with Gasteiger partial charge in [0, 0.05) is 23.5 Å². The van der Waals surface area contributed by atoms with Crippen molar-refractivity contribution in [3.8, 4) is 0 Å². The third-order valence-corrected chi connectivity index (χ3v) is 7.00. The van der Waals surface area contributed by atoms with Gasteiger partial charge in [-0.15, -0.1) is 23.7 Å². The summed E-state index contributed by atoms with van der Waals surface area (Å²) in [5, 5.41) is 4.87. The van der Waals surface area contributed by atoms with Crippen molar-refractivity contribution < 1.29 is 13.2 Å². The number of carbonyl (C=O) groups excluding carboxylic acids is 1. The van der Waals surface area contributed by atoms with Crippen LogP contribution in [0, 0.1) is 5.92 Å². The minimum Gasteiger partial charge on any atom is -0.345 e. The molecule has 0 spiro atoms. The first kappa shape index (κ1) is 21.8. The molecule has 1 aliphatic carbocycles. The topological polar surface area (TPSA) is 101 Å². The normalized spacial score (nSPS) is 16.2. The van der Waals surface area contributed by atoms with E-state index < -0.39 is 15.6 Å². The molecule has 1 heterocycles. The molecule has 0 radical (unpaired) electrons. The zero-order valence-electron chi connectivity index (χ0n) is 15.0. The quantitative estimate of drug-likeness (QED) is 0.600. The van der Waals surface area contributed by atoms with Crippen molar-refractivity contribution in [2.24, 2.45) is 11.7 Å². The van der Waals surface area contributed by atoms with E-state index >= 15 is 0 Å². The SMILES string of the molecule is CC(CN)(NC(=O)c1cccc(S(=O)(=O)NCc2cccs2)c1)C1CC1.Cl. The van der Waals surface area contributed by atoms with E-state index in [4.69, 9.17) is 5.73 Å². The van der Waals surface area contributed by atoms with E-state index in [1.165, 1.54) is 23.5 Å². The van der Waals surface area contributed by atoms with Crippen molar-refractivity contribution in [2.75, 3.05) is 6.54 Å². The van der Waals surface area contributed by atoms with Gasteiger partial charge in [-0.3, -0.25) is 4.79 Å². The third-order valence-electron chi connectivity index (χ3n) is 4.72. The van der Waals surface area contributed by atoms with E-state index in [1.54, 1.807) is 12.1 Å². The molecule has 0 saturated heterocycles. The molecule has 1 atom stereocenters. The fourth-order valence-electron chi connectivity index (χ4n) is 2.84. The number of sulfonamides is 1. The fourth-order valence-corrected chi connectivity index (χ4v) is 4.63. The number of hydrogen-bond donors (Lipinski definition) is 3. The maximum atomic E-state index is 12.6. The van der Waals surface area contributed by atoms with Gasteiger partial charge < -0.3 is 11.1 Å². The van der Waals surface area contributed by atoms with Crippen LogP contribution in [0.2, 0.25) is 0 Å². The predicted molar refractivity (Wildman–Crippen MR) is 110 cm³/mol. The van der Waals surface area contributed by atoms with E-state index in [-0.39, 0.29) is 29.8 Å². The molecule has 6 nitrogen and oxygen atoms in total. The number of thiophene rings is 1. The van der Waals surface area contributed by atoms with Crippen LogP contribution in [-0.4, -0.2) is 26.4 Å². The number of benzene rings is 1. The van der Waals surface area contributed by atoms with Crippen LogP contribution in [0.5, 0.6) is 0 Å². The number of carbonyl (C=O) groups is 1. The molecule has 4 N–H and O–H groups in total. The Morgan fingerprint density at radius 1 is 1.30 bits per heavy atom. The summed E-state index contributed by atoms with van der Waals surface area (Å²) in [6.45, 7) is 2.51. The highest BCUT2D eigenvalue weighted by atomic mass is 35.5. The van der Waals surface area contributed by atoms with E-state index in [1.807, 2.05) is 24.4 Å². The van der Waals surface area contributed by atoms with E-state index in [9.17, 15) is 13.2 Å². The lowest BCUT2D eigenvalue weighted by atomic mass is 9.95. The van der Waals surface area contributed by atoms with Gasteiger partial charge in [0.05, 0.1) is 10.4 Å². The van der Waals surface area contributed by atoms with Crippen LogP contribution < -0.4 is 15.8 Å². The van der Waals surface area contributed by atoms with Crippen LogP contribution in [0.4, 0.5) is 0 Å². The van der Waals surface area contributed by atoms with Crippen LogP contribution >= 0.6 is 23.7 Å². The summed E-state index contributed by atoms with van der Waals surface area (Å²) in [5.74, 6) is 0.0796. The Morgan fingerprint density at radius 2 is 2.04 bits per heavy atom. The zero-order valence-corrected chi connectivity index (χ0v) is 17.4. The smallest absolute Gasteiger partial charge is 0.251 e. The molecule has 148 valence electrons. The Balaban J connectivity index is 0.00000261. The lowest BCUT2D eigenvalue weighted by molar-refractivity contribution is 0.0897. The summed E-state index contributed by atoms with van der Waals surface area (Å²) in [4.78, 5) is 13.6. The molecule has 1 aromatic carbocycles. The third kappa shape index (κ3) is 5.30. The Hall–Kier alpha value is -1.45. The molecule has 1 fully saturated rings. The van der Waals surface area contributed by atoms with Crippen molar-refractivity contribution in [3.05, 3.63) is 52.2 Å². The second-order valence-electron chi connectivity index (χ2n) is 6.78. The second kappa shape index (κ2) is 8.70. The molecule has 1 amide bonds. The van der Waals surface area contributed by atoms with Gasteiger partial charge >= 0.3 is 0 Å².